The molecule has 1 saturated heterocycles. The lowest BCUT2D eigenvalue weighted by atomic mass is 10.0. The van der Waals surface area contributed by atoms with Crippen molar-refractivity contribution in [3.8, 4) is 0 Å². The summed E-state index contributed by atoms with van der Waals surface area (Å²) in [5.41, 5.74) is 2.25. The molecule has 1 aromatic carbocycles. The fourth-order valence-corrected chi connectivity index (χ4v) is 4.86. The summed E-state index contributed by atoms with van der Waals surface area (Å²) in [6.45, 7) is 1.49. The van der Waals surface area contributed by atoms with Gasteiger partial charge in [0.2, 0.25) is 0 Å². The number of hydrogen-bond acceptors (Lipinski definition) is 4. The number of nitrogens with one attached hydrogen (secondary N) is 1. The largest absolute Gasteiger partial charge is 0.338 e. The molecule has 0 radical (unpaired) electrons. The molecule has 1 N–H and O–H groups in total. The molecule has 5 nitrogen and oxygen atoms in total. The number of likely N-dealkylation sites (tertiary alicyclic amines) is 1. The third kappa shape index (κ3) is 4.50. The minimum atomic E-state index is 0.0491. The van der Waals surface area contributed by atoms with Crippen molar-refractivity contribution < 1.29 is 4.79 Å². The molecule has 4 rings (SSSR count). The Labute approximate surface area is 169 Å². The monoisotopic (exact) mass is 394 g/mol. The third-order valence-corrected chi connectivity index (χ3v) is 6.38. The molecule has 0 spiro atoms. The fraction of sp³-hybridized carbons (Fsp3) is 0.409. The van der Waals surface area contributed by atoms with E-state index in [0.29, 0.717) is 6.54 Å². The van der Waals surface area contributed by atoms with E-state index in [1.807, 2.05) is 41.6 Å². The highest BCUT2D eigenvalue weighted by Crippen LogP contribution is 2.29. The Bertz CT molecular complexity index is 878. The van der Waals surface area contributed by atoms with Crippen LogP contribution in [0.15, 0.2) is 48.8 Å². The van der Waals surface area contributed by atoms with Crippen molar-refractivity contribution in [2.45, 2.75) is 44.6 Å². The van der Waals surface area contributed by atoms with Crippen molar-refractivity contribution in [3.05, 3.63) is 59.4 Å². The van der Waals surface area contributed by atoms with E-state index in [1.54, 1.807) is 11.3 Å². The average Bonchev–Trinajstić information content (AvgIpc) is 2.98. The molecule has 1 aliphatic rings. The van der Waals surface area contributed by atoms with Gasteiger partial charge in [0.1, 0.15) is 0 Å². The zero-order valence-corrected chi connectivity index (χ0v) is 16.8. The second-order valence-electron chi connectivity index (χ2n) is 7.25. The van der Waals surface area contributed by atoms with Crippen LogP contribution in [0.1, 0.15) is 48.7 Å². The molecule has 1 unspecified atom stereocenters. The van der Waals surface area contributed by atoms with Crippen LogP contribution in [-0.2, 0) is 6.42 Å². The molecular weight excluding hydrogens is 368 g/mol. The van der Waals surface area contributed by atoms with Crippen molar-refractivity contribution in [1.29, 1.82) is 0 Å². The number of urea groups is 1. The molecule has 2 amide bonds. The number of nitrogens with zero attached hydrogens (tertiary/aromatic N) is 3. The van der Waals surface area contributed by atoms with Crippen molar-refractivity contribution in [1.82, 2.24) is 20.2 Å². The summed E-state index contributed by atoms with van der Waals surface area (Å²) in [6.07, 6.45) is 9.86. The van der Waals surface area contributed by atoms with Gasteiger partial charge in [0.15, 0.2) is 0 Å². The second kappa shape index (κ2) is 9.15. The van der Waals surface area contributed by atoms with Gasteiger partial charge in [-0.1, -0.05) is 25.0 Å². The first-order chi connectivity index (χ1) is 13.8. The van der Waals surface area contributed by atoms with E-state index in [9.17, 15) is 4.79 Å². The number of benzene rings is 1. The van der Waals surface area contributed by atoms with Gasteiger partial charge in [0.25, 0.3) is 0 Å². The lowest BCUT2D eigenvalue weighted by Gasteiger charge is -2.30. The summed E-state index contributed by atoms with van der Waals surface area (Å²) in [7, 11) is 0. The molecule has 0 aliphatic carbocycles. The summed E-state index contributed by atoms with van der Waals surface area (Å²) in [5.74, 6) is 0. The Kier molecular flexibility index (Phi) is 6.17. The molecule has 3 heterocycles. The minimum absolute atomic E-state index is 0.0491. The van der Waals surface area contributed by atoms with E-state index in [0.717, 1.165) is 49.2 Å². The molecule has 1 fully saturated rings. The highest BCUT2D eigenvalue weighted by molar-refractivity contribution is 7.18. The summed E-state index contributed by atoms with van der Waals surface area (Å²) < 4.78 is 1.23. The number of carbonyl (C=O) groups is 1. The van der Waals surface area contributed by atoms with E-state index in [-0.39, 0.29) is 12.1 Å². The van der Waals surface area contributed by atoms with Crippen molar-refractivity contribution in [2.24, 2.45) is 0 Å². The lowest BCUT2D eigenvalue weighted by molar-refractivity contribution is 0.175. The van der Waals surface area contributed by atoms with Crippen LogP contribution >= 0.6 is 11.3 Å². The number of rotatable bonds is 5. The highest BCUT2D eigenvalue weighted by atomic mass is 32.1. The van der Waals surface area contributed by atoms with Crippen LogP contribution in [0.4, 0.5) is 4.79 Å². The Morgan fingerprint density at radius 1 is 1.14 bits per heavy atom. The molecule has 2 aromatic heterocycles. The van der Waals surface area contributed by atoms with Crippen LogP contribution in [0.3, 0.4) is 0 Å². The molecule has 0 bridgehead atoms. The van der Waals surface area contributed by atoms with Crippen molar-refractivity contribution in [3.63, 3.8) is 0 Å². The van der Waals surface area contributed by atoms with Crippen molar-refractivity contribution >= 4 is 27.6 Å². The maximum Gasteiger partial charge on any atom is 0.317 e. The molecule has 0 saturated carbocycles. The molecule has 6 heteroatoms. The zero-order chi connectivity index (χ0) is 19.2. The molecular formula is C22H26N4OS. The van der Waals surface area contributed by atoms with Gasteiger partial charge in [-0.05, 0) is 49.1 Å². The topological polar surface area (TPSA) is 58.1 Å². The highest BCUT2D eigenvalue weighted by Gasteiger charge is 2.26. The lowest BCUT2D eigenvalue weighted by Crippen LogP contribution is -2.42. The number of aromatic nitrogens is 2. The van der Waals surface area contributed by atoms with Gasteiger partial charge in [0.05, 0.1) is 21.3 Å². The van der Waals surface area contributed by atoms with E-state index >= 15 is 0 Å². The number of hydrogen-bond donors (Lipinski definition) is 1. The molecule has 1 aliphatic heterocycles. The van der Waals surface area contributed by atoms with Crippen LogP contribution < -0.4 is 5.32 Å². The van der Waals surface area contributed by atoms with E-state index in [1.165, 1.54) is 16.7 Å². The maximum absolute atomic E-state index is 12.9. The Morgan fingerprint density at radius 3 is 2.86 bits per heavy atom. The molecule has 28 heavy (non-hydrogen) atoms. The number of para-hydroxylation sites is 1. The summed E-state index contributed by atoms with van der Waals surface area (Å²) in [6, 6.07) is 12.5. The van der Waals surface area contributed by atoms with Gasteiger partial charge < -0.3 is 10.2 Å². The molecule has 3 aromatic rings. The zero-order valence-electron chi connectivity index (χ0n) is 16.0. The number of fused-ring (bicyclic) bond motifs is 1. The number of thiazole rings is 1. The summed E-state index contributed by atoms with van der Waals surface area (Å²) >= 11 is 1.74. The number of pyridine rings is 1. The maximum atomic E-state index is 12.9. The van der Waals surface area contributed by atoms with E-state index in [2.05, 4.69) is 27.4 Å². The first kappa shape index (κ1) is 18.9. The standard InChI is InChI=1S/C22H26N4OS/c27-22(24-13-6-10-21-25-18-7-3-4-9-20(18)28-21)26-16-5-1-2-8-19(26)17-11-14-23-15-12-17/h3-4,7,9,11-12,14-15,19H,1-2,5-6,8,10,13,16H2,(H,24,27). The van der Waals surface area contributed by atoms with Crippen LogP contribution in [0.5, 0.6) is 0 Å². The number of amides is 2. The first-order valence-corrected chi connectivity index (χ1v) is 10.9. The minimum Gasteiger partial charge on any atom is -0.338 e. The van der Waals surface area contributed by atoms with E-state index in [4.69, 9.17) is 0 Å². The molecule has 146 valence electrons. The van der Waals surface area contributed by atoms with Crippen LogP contribution in [0, 0.1) is 0 Å². The van der Waals surface area contributed by atoms with Gasteiger partial charge in [-0.15, -0.1) is 11.3 Å². The summed E-state index contributed by atoms with van der Waals surface area (Å²) in [4.78, 5) is 23.7. The van der Waals surface area contributed by atoms with Gasteiger partial charge >= 0.3 is 6.03 Å². The Balaban J connectivity index is 1.32. The normalized spacial score (nSPS) is 17.4. The van der Waals surface area contributed by atoms with Gasteiger partial charge in [-0.3, -0.25) is 4.98 Å². The average molecular weight is 395 g/mol. The van der Waals surface area contributed by atoms with Crippen LogP contribution in [0.2, 0.25) is 0 Å². The fourth-order valence-electron chi connectivity index (χ4n) is 3.85. The second-order valence-corrected chi connectivity index (χ2v) is 8.37. The van der Waals surface area contributed by atoms with Crippen LogP contribution in [-0.4, -0.2) is 34.0 Å². The number of carbonyl (C=O) groups excluding carboxylic acids is 1. The number of aryl methyl sites for hydroxylation is 1. The molecule has 1 atom stereocenters. The van der Waals surface area contributed by atoms with E-state index < -0.39 is 0 Å². The van der Waals surface area contributed by atoms with Crippen molar-refractivity contribution in [2.75, 3.05) is 13.1 Å². The van der Waals surface area contributed by atoms with Gasteiger partial charge in [0, 0.05) is 31.9 Å². The third-order valence-electron chi connectivity index (χ3n) is 5.29. The van der Waals surface area contributed by atoms with Gasteiger partial charge in [-0.25, -0.2) is 9.78 Å². The quantitative estimate of drug-likeness (QED) is 0.623. The predicted molar refractivity (Wildman–Crippen MR) is 113 cm³/mol. The van der Waals surface area contributed by atoms with Crippen LogP contribution in [0.25, 0.3) is 10.2 Å². The Hall–Kier alpha value is -2.47. The SMILES string of the molecule is O=C(NCCCc1nc2ccccc2s1)N1CCCCCC1c1ccncc1. The summed E-state index contributed by atoms with van der Waals surface area (Å²) in [5, 5.41) is 4.27. The smallest absolute Gasteiger partial charge is 0.317 e. The Morgan fingerprint density at radius 2 is 2.00 bits per heavy atom. The van der Waals surface area contributed by atoms with Gasteiger partial charge in [-0.2, -0.15) is 0 Å². The first-order valence-electron chi connectivity index (χ1n) is 10.1. The predicted octanol–water partition coefficient (Wildman–Crippen LogP) is 4.95.